The van der Waals surface area contributed by atoms with Crippen LogP contribution in [0.15, 0.2) is 24.3 Å². The second-order valence-electron chi connectivity index (χ2n) is 5.64. The van der Waals surface area contributed by atoms with Gasteiger partial charge in [-0.05, 0) is 24.8 Å². The van der Waals surface area contributed by atoms with Crippen LogP contribution in [-0.2, 0) is 16.0 Å². The number of carboxylic acid groups (broad SMARTS) is 1. The Bertz CT molecular complexity index is 547. The van der Waals surface area contributed by atoms with E-state index in [0.717, 1.165) is 24.8 Å². The molecule has 0 aromatic heterocycles. The number of aliphatic hydroxyl groups is 1. The van der Waals surface area contributed by atoms with Gasteiger partial charge in [0.15, 0.2) is 5.78 Å². The molecule has 5 nitrogen and oxygen atoms in total. The highest BCUT2D eigenvalue weighted by Crippen LogP contribution is 2.16. The number of carboxylic acids is 1. The highest BCUT2D eigenvalue weighted by Gasteiger charge is 2.37. The van der Waals surface area contributed by atoms with Crippen LogP contribution in [0.1, 0.15) is 55.5 Å². The molecule has 23 heavy (non-hydrogen) atoms. The topological polar surface area (TPSA) is 91.7 Å². The summed E-state index contributed by atoms with van der Waals surface area (Å²) < 4.78 is 0. The second-order valence-corrected chi connectivity index (χ2v) is 5.64. The fraction of sp³-hybridized carbons (Fsp3) is 0.500. The van der Waals surface area contributed by atoms with Crippen LogP contribution in [-0.4, -0.2) is 33.9 Å². The molecule has 0 heterocycles. The van der Waals surface area contributed by atoms with E-state index >= 15 is 0 Å². The maximum Gasteiger partial charge on any atom is 0.317 e. The van der Waals surface area contributed by atoms with Crippen LogP contribution < -0.4 is 0 Å². The van der Waals surface area contributed by atoms with Crippen LogP contribution in [0, 0.1) is 5.92 Å². The Labute approximate surface area is 136 Å². The molecule has 0 aliphatic carbocycles. The summed E-state index contributed by atoms with van der Waals surface area (Å²) in [7, 11) is 0. The third-order valence-corrected chi connectivity index (χ3v) is 3.75. The van der Waals surface area contributed by atoms with E-state index in [1.54, 1.807) is 31.2 Å². The summed E-state index contributed by atoms with van der Waals surface area (Å²) in [4.78, 5) is 35.3. The van der Waals surface area contributed by atoms with Gasteiger partial charge in [0.1, 0.15) is 17.8 Å². The fourth-order valence-corrected chi connectivity index (χ4v) is 2.39. The lowest BCUT2D eigenvalue weighted by molar-refractivity contribution is -0.149. The van der Waals surface area contributed by atoms with Crippen molar-refractivity contribution in [2.75, 3.05) is 0 Å². The minimum atomic E-state index is -1.85. The van der Waals surface area contributed by atoms with E-state index in [4.69, 9.17) is 5.11 Å². The van der Waals surface area contributed by atoms with Crippen molar-refractivity contribution in [1.29, 1.82) is 0 Å². The van der Waals surface area contributed by atoms with Gasteiger partial charge in [0.2, 0.25) is 0 Å². The van der Waals surface area contributed by atoms with Crippen LogP contribution in [0.2, 0.25) is 0 Å². The zero-order valence-electron chi connectivity index (χ0n) is 13.6. The van der Waals surface area contributed by atoms with Gasteiger partial charge in [-0.25, -0.2) is 0 Å². The minimum Gasteiger partial charge on any atom is -0.481 e. The fourth-order valence-electron chi connectivity index (χ4n) is 2.39. The number of rotatable bonds is 10. The van der Waals surface area contributed by atoms with Gasteiger partial charge in [0, 0.05) is 12.0 Å². The molecular formula is C18H24O5. The van der Waals surface area contributed by atoms with Gasteiger partial charge in [-0.15, -0.1) is 0 Å². The predicted octanol–water partition coefficient (Wildman–Crippen LogP) is 2.64. The molecular weight excluding hydrogens is 296 g/mol. The average molecular weight is 320 g/mol. The summed E-state index contributed by atoms with van der Waals surface area (Å²) in [6.45, 7) is 3.83. The van der Waals surface area contributed by atoms with E-state index in [1.807, 2.05) is 0 Å². The standard InChI is InChI=1S/C18H24O5/c1-3-5-7-12-8-10-13(11-9-12)16(20)17(21)15(18(22)23)14(19)6-4-2/h8-11,15,17,21H,3-7H2,1-2H3,(H,22,23). The summed E-state index contributed by atoms with van der Waals surface area (Å²) in [6, 6.07) is 6.72. The Balaban J connectivity index is 2.88. The number of unbranched alkanes of at least 4 members (excludes halogenated alkanes) is 1. The molecule has 1 aromatic carbocycles. The number of carbonyl (C=O) groups is 3. The van der Waals surface area contributed by atoms with Crippen LogP contribution in [0.5, 0.6) is 0 Å². The number of carbonyl (C=O) groups excluding carboxylic acids is 2. The summed E-state index contributed by atoms with van der Waals surface area (Å²) in [6.07, 6.45) is 1.66. The quantitative estimate of drug-likeness (QED) is 0.511. The van der Waals surface area contributed by atoms with E-state index in [-0.39, 0.29) is 12.0 Å². The molecule has 126 valence electrons. The van der Waals surface area contributed by atoms with Crippen molar-refractivity contribution in [3.8, 4) is 0 Å². The highest BCUT2D eigenvalue weighted by atomic mass is 16.4. The Morgan fingerprint density at radius 3 is 2.13 bits per heavy atom. The van der Waals surface area contributed by atoms with Gasteiger partial charge in [-0.3, -0.25) is 14.4 Å². The van der Waals surface area contributed by atoms with E-state index in [0.29, 0.717) is 6.42 Å². The van der Waals surface area contributed by atoms with E-state index in [9.17, 15) is 19.5 Å². The molecule has 1 aromatic rings. The lowest BCUT2D eigenvalue weighted by Crippen LogP contribution is -2.40. The number of hydrogen-bond donors (Lipinski definition) is 2. The number of aliphatic hydroxyl groups excluding tert-OH is 1. The van der Waals surface area contributed by atoms with Gasteiger partial charge >= 0.3 is 5.97 Å². The summed E-state index contributed by atoms with van der Waals surface area (Å²) >= 11 is 0. The van der Waals surface area contributed by atoms with Gasteiger partial charge in [0.05, 0.1) is 0 Å². The molecule has 0 aliphatic rings. The number of ketones is 2. The van der Waals surface area contributed by atoms with Gasteiger partial charge in [-0.2, -0.15) is 0 Å². The zero-order chi connectivity index (χ0) is 17.4. The number of Topliss-reactive ketones (excluding diaryl/α,β-unsaturated/α-hetero) is 2. The van der Waals surface area contributed by atoms with Crippen molar-refractivity contribution in [2.24, 2.45) is 5.92 Å². The van der Waals surface area contributed by atoms with Crippen LogP contribution in [0.3, 0.4) is 0 Å². The molecule has 0 radical (unpaired) electrons. The second kappa shape index (κ2) is 9.20. The molecule has 2 atom stereocenters. The lowest BCUT2D eigenvalue weighted by Gasteiger charge is -2.17. The van der Waals surface area contributed by atoms with Crippen molar-refractivity contribution in [3.63, 3.8) is 0 Å². The number of aryl methyl sites for hydroxylation is 1. The largest absolute Gasteiger partial charge is 0.481 e. The first-order valence-corrected chi connectivity index (χ1v) is 7.99. The SMILES string of the molecule is CCCCc1ccc(C(=O)C(O)C(C(=O)O)C(=O)CCC)cc1. The van der Waals surface area contributed by atoms with Crippen molar-refractivity contribution in [3.05, 3.63) is 35.4 Å². The van der Waals surface area contributed by atoms with Crippen LogP contribution in [0.25, 0.3) is 0 Å². The van der Waals surface area contributed by atoms with Crippen molar-refractivity contribution < 1.29 is 24.6 Å². The van der Waals surface area contributed by atoms with Crippen LogP contribution >= 0.6 is 0 Å². The maximum absolute atomic E-state index is 12.3. The van der Waals surface area contributed by atoms with Crippen molar-refractivity contribution in [2.45, 2.75) is 52.1 Å². The first-order chi connectivity index (χ1) is 10.9. The molecule has 5 heteroatoms. The highest BCUT2D eigenvalue weighted by molar-refractivity contribution is 6.08. The summed E-state index contributed by atoms with van der Waals surface area (Å²) in [5.41, 5.74) is 1.29. The Morgan fingerprint density at radius 1 is 1.04 bits per heavy atom. The normalized spacial score (nSPS) is 13.3. The zero-order valence-corrected chi connectivity index (χ0v) is 13.6. The Kier molecular flexibility index (Phi) is 7.62. The molecule has 0 spiro atoms. The number of benzene rings is 1. The Hall–Kier alpha value is -2.01. The predicted molar refractivity (Wildman–Crippen MR) is 86.4 cm³/mol. The molecule has 2 unspecified atom stereocenters. The minimum absolute atomic E-state index is 0.0251. The average Bonchev–Trinajstić information content (AvgIpc) is 2.52. The molecule has 0 amide bonds. The maximum atomic E-state index is 12.3. The van der Waals surface area contributed by atoms with E-state index < -0.39 is 29.6 Å². The van der Waals surface area contributed by atoms with Crippen LogP contribution in [0.4, 0.5) is 0 Å². The van der Waals surface area contributed by atoms with Gasteiger partial charge < -0.3 is 10.2 Å². The molecule has 0 bridgehead atoms. The monoisotopic (exact) mass is 320 g/mol. The smallest absolute Gasteiger partial charge is 0.317 e. The third kappa shape index (κ3) is 5.28. The third-order valence-electron chi connectivity index (χ3n) is 3.75. The molecule has 0 fully saturated rings. The van der Waals surface area contributed by atoms with Gasteiger partial charge in [0.25, 0.3) is 0 Å². The molecule has 0 saturated heterocycles. The molecule has 0 saturated carbocycles. The van der Waals surface area contributed by atoms with Gasteiger partial charge in [-0.1, -0.05) is 44.5 Å². The Morgan fingerprint density at radius 2 is 1.65 bits per heavy atom. The van der Waals surface area contributed by atoms with Crippen molar-refractivity contribution >= 4 is 17.5 Å². The molecule has 1 rings (SSSR count). The number of hydrogen-bond acceptors (Lipinski definition) is 4. The van der Waals surface area contributed by atoms with Crippen molar-refractivity contribution in [1.82, 2.24) is 0 Å². The van der Waals surface area contributed by atoms with E-state index in [2.05, 4.69) is 6.92 Å². The summed E-state index contributed by atoms with van der Waals surface area (Å²) in [5, 5.41) is 19.2. The first kappa shape index (κ1) is 19.0. The lowest BCUT2D eigenvalue weighted by atomic mass is 9.89. The first-order valence-electron chi connectivity index (χ1n) is 7.99. The molecule has 2 N–H and O–H groups in total. The number of aliphatic carboxylic acids is 1. The summed E-state index contributed by atoms with van der Waals surface area (Å²) in [5.74, 6) is -4.53. The van der Waals surface area contributed by atoms with E-state index in [1.165, 1.54) is 0 Å². The molecule has 0 aliphatic heterocycles.